The van der Waals surface area contributed by atoms with E-state index < -0.39 is 0 Å². The van der Waals surface area contributed by atoms with Crippen LogP contribution in [0.3, 0.4) is 0 Å². The zero-order valence-corrected chi connectivity index (χ0v) is 18.5. The first kappa shape index (κ1) is 20.4. The third-order valence-corrected chi connectivity index (χ3v) is 6.42. The third-order valence-electron chi connectivity index (χ3n) is 5.03. The molecule has 2 aromatic carbocycles. The predicted octanol–water partition coefficient (Wildman–Crippen LogP) is 6.51. The molecule has 5 nitrogen and oxygen atoms in total. The molecule has 158 valence electrons. The van der Waals surface area contributed by atoms with Crippen LogP contribution in [0.1, 0.15) is 16.9 Å². The van der Waals surface area contributed by atoms with Crippen molar-refractivity contribution in [2.45, 2.75) is 13.0 Å². The number of rotatable bonds is 5. The molecule has 3 heterocycles. The number of nitrogens with one attached hydrogen (secondary N) is 1. The molecule has 1 amide bonds. The van der Waals surface area contributed by atoms with Crippen LogP contribution in [0, 0.1) is 0 Å². The van der Waals surface area contributed by atoms with Crippen LogP contribution in [0.2, 0.25) is 5.02 Å². The molecule has 0 spiro atoms. The monoisotopic (exact) mass is 459 g/mol. The van der Waals surface area contributed by atoms with Gasteiger partial charge in [-0.25, -0.2) is 9.98 Å². The minimum Gasteiger partial charge on any atom is -0.473 e. The van der Waals surface area contributed by atoms with Gasteiger partial charge in [-0.2, -0.15) is 0 Å². The normalized spacial score (nSPS) is 13.0. The molecule has 4 aromatic rings. The van der Waals surface area contributed by atoms with Gasteiger partial charge < -0.3 is 10.1 Å². The highest BCUT2D eigenvalue weighted by Crippen LogP contribution is 2.35. The first-order chi connectivity index (χ1) is 15.7. The Kier molecular flexibility index (Phi) is 5.71. The second kappa shape index (κ2) is 8.94. The quantitative estimate of drug-likeness (QED) is 0.370. The Bertz CT molecular complexity index is 1300. The number of ether oxygens (including phenoxy) is 1. The Morgan fingerprint density at radius 2 is 1.88 bits per heavy atom. The fourth-order valence-electron chi connectivity index (χ4n) is 3.44. The van der Waals surface area contributed by atoms with Gasteiger partial charge >= 0.3 is 0 Å². The van der Waals surface area contributed by atoms with Crippen LogP contribution in [-0.4, -0.2) is 16.6 Å². The summed E-state index contributed by atoms with van der Waals surface area (Å²) in [5.41, 5.74) is 4.98. The molecule has 0 aliphatic carbocycles. The zero-order valence-electron chi connectivity index (χ0n) is 16.9. The molecule has 0 saturated carbocycles. The van der Waals surface area contributed by atoms with Gasteiger partial charge in [0.1, 0.15) is 6.61 Å². The number of thiophene rings is 1. The summed E-state index contributed by atoms with van der Waals surface area (Å²) in [6.07, 6.45) is 1.94. The Balaban J connectivity index is 1.37. The van der Waals surface area contributed by atoms with Crippen LogP contribution in [0.25, 0.3) is 11.1 Å². The lowest BCUT2D eigenvalue weighted by molar-refractivity contribution is -0.115. The van der Waals surface area contributed by atoms with Gasteiger partial charge in [0, 0.05) is 17.8 Å². The molecule has 0 radical (unpaired) electrons. The number of hydrogen-bond donors (Lipinski definition) is 1. The summed E-state index contributed by atoms with van der Waals surface area (Å²) >= 11 is 7.74. The molecule has 0 saturated heterocycles. The zero-order chi connectivity index (χ0) is 21.9. The Hall–Kier alpha value is -3.48. The summed E-state index contributed by atoms with van der Waals surface area (Å²) in [7, 11) is 0. The maximum absolute atomic E-state index is 12.5. The smallest absolute Gasteiger partial charge is 0.230 e. The summed E-state index contributed by atoms with van der Waals surface area (Å²) in [6.45, 7) is 0.465. The standard InChI is InChI=1S/C25H18ClN3O2S/c26-19-10-11-32-25(19)22-13-23(30)29-21-12-17(6-8-20(21)28-22)18-7-9-24(27-14-18)31-15-16-4-2-1-3-5-16/h1-12,14H,13,15H2,(H,29,30). The number of halogens is 1. The second-order valence-electron chi connectivity index (χ2n) is 7.27. The molecule has 0 fully saturated rings. The maximum atomic E-state index is 12.5. The minimum atomic E-state index is -0.119. The molecule has 5 rings (SSSR count). The number of aliphatic imine (C=N–C) groups is 1. The Morgan fingerprint density at radius 1 is 1.03 bits per heavy atom. The van der Waals surface area contributed by atoms with E-state index in [-0.39, 0.29) is 12.3 Å². The maximum Gasteiger partial charge on any atom is 0.230 e. The first-order valence-electron chi connectivity index (χ1n) is 10.0. The van der Waals surface area contributed by atoms with Crippen molar-refractivity contribution in [2.24, 2.45) is 4.99 Å². The fraction of sp³-hybridized carbons (Fsp3) is 0.0800. The van der Waals surface area contributed by atoms with Crippen molar-refractivity contribution in [1.82, 2.24) is 4.98 Å². The minimum absolute atomic E-state index is 0.119. The molecular formula is C25H18ClN3O2S. The van der Waals surface area contributed by atoms with Gasteiger partial charge in [-0.3, -0.25) is 4.79 Å². The summed E-state index contributed by atoms with van der Waals surface area (Å²) in [5, 5.41) is 5.47. The Labute approximate surface area is 194 Å². The number of amides is 1. The number of aromatic nitrogens is 1. The van der Waals surface area contributed by atoms with Crippen LogP contribution in [0.4, 0.5) is 11.4 Å². The van der Waals surface area contributed by atoms with E-state index in [0.717, 1.165) is 21.6 Å². The van der Waals surface area contributed by atoms with E-state index >= 15 is 0 Å². The van der Waals surface area contributed by atoms with Crippen LogP contribution >= 0.6 is 22.9 Å². The highest BCUT2D eigenvalue weighted by atomic mass is 35.5. The van der Waals surface area contributed by atoms with Crippen molar-refractivity contribution in [2.75, 3.05) is 5.32 Å². The number of pyridine rings is 1. The van der Waals surface area contributed by atoms with E-state index in [4.69, 9.17) is 21.3 Å². The van der Waals surface area contributed by atoms with Crippen LogP contribution in [-0.2, 0) is 11.4 Å². The summed E-state index contributed by atoms with van der Waals surface area (Å²) in [4.78, 5) is 22.5. The van der Waals surface area contributed by atoms with E-state index in [1.54, 1.807) is 6.20 Å². The van der Waals surface area contributed by atoms with E-state index in [0.29, 0.717) is 34.6 Å². The average molecular weight is 460 g/mol. The van der Waals surface area contributed by atoms with Gasteiger partial charge in [0.15, 0.2) is 0 Å². The van der Waals surface area contributed by atoms with Gasteiger partial charge in [0.25, 0.3) is 0 Å². The van der Waals surface area contributed by atoms with Crippen molar-refractivity contribution in [1.29, 1.82) is 0 Å². The van der Waals surface area contributed by atoms with E-state index in [1.165, 1.54) is 11.3 Å². The van der Waals surface area contributed by atoms with Gasteiger partial charge in [0.05, 0.1) is 33.4 Å². The van der Waals surface area contributed by atoms with Crippen molar-refractivity contribution in [3.8, 4) is 17.0 Å². The van der Waals surface area contributed by atoms with E-state index in [9.17, 15) is 4.79 Å². The molecule has 1 aliphatic rings. The number of anilines is 1. The van der Waals surface area contributed by atoms with Crippen molar-refractivity contribution in [3.63, 3.8) is 0 Å². The fourth-order valence-corrected chi connectivity index (χ4v) is 4.60. The number of benzene rings is 2. The predicted molar refractivity (Wildman–Crippen MR) is 129 cm³/mol. The third kappa shape index (κ3) is 4.42. The lowest BCUT2D eigenvalue weighted by Gasteiger charge is -2.09. The SMILES string of the molecule is O=C1CC(c2sccc2Cl)=Nc2ccc(-c3ccc(OCc4ccccc4)nc3)cc2N1. The highest BCUT2D eigenvalue weighted by molar-refractivity contribution is 7.13. The molecular weight excluding hydrogens is 442 g/mol. The molecule has 1 aliphatic heterocycles. The van der Waals surface area contributed by atoms with Gasteiger partial charge in [-0.1, -0.05) is 48.0 Å². The summed E-state index contributed by atoms with van der Waals surface area (Å²) in [5.74, 6) is 0.439. The summed E-state index contributed by atoms with van der Waals surface area (Å²) in [6, 6.07) is 21.4. The number of fused-ring (bicyclic) bond motifs is 1. The summed E-state index contributed by atoms with van der Waals surface area (Å²) < 4.78 is 5.77. The van der Waals surface area contributed by atoms with E-state index in [2.05, 4.69) is 10.3 Å². The molecule has 0 atom stereocenters. The van der Waals surface area contributed by atoms with Gasteiger partial charge in [-0.05, 0) is 40.8 Å². The van der Waals surface area contributed by atoms with E-state index in [1.807, 2.05) is 72.1 Å². The first-order valence-corrected chi connectivity index (χ1v) is 11.3. The topological polar surface area (TPSA) is 63.6 Å². The average Bonchev–Trinajstić information content (AvgIpc) is 3.17. The molecule has 32 heavy (non-hydrogen) atoms. The number of carbonyl (C=O) groups is 1. The van der Waals surface area contributed by atoms with Crippen molar-refractivity contribution >= 4 is 45.9 Å². The van der Waals surface area contributed by atoms with Gasteiger partial charge in [-0.15, -0.1) is 11.3 Å². The lowest BCUT2D eigenvalue weighted by Crippen LogP contribution is -2.14. The largest absolute Gasteiger partial charge is 0.473 e. The van der Waals surface area contributed by atoms with Crippen molar-refractivity contribution < 1.29 is 9.53 Å². The molecule has 0 bridgehead atoms. The Morgan fingerprint density at radius 3 is 2.62 bits per heavy atom. The van der Waals surface area contributed by atoms with Gasteiger partial charge in [0.2, 0.25) is 11.8 Å². The van der Waals surface area contributed by atoms with Crippen LogP contribution in [0.5, 0.6) is 5.88 Å². The number of nitrogens with zero attached hydrogens (tertiary/aromatic N) is 2. The molecule has 7 heteroatoms. The highest BCUT2D eigenvalue weighted by Gasteiger charge is 2.20. The second-order valence-corrected chi connectivity index (χ2v) is 8.60. The molecule has 1 N–H and O–H groups in total. The number of hydrogen-bond acceptors (Lipinski definition) is 5. The molecule has 2 aromatic heterocycles. The van der Waals surface area contributed by atoms with Crippen LogP contribution < -0.4 is 10.1 Å². The molecule has 0 unspecified atom stereocenters. The lowest BCUT2D eigenvalue weighted by atomic mass is 10.1. The number of carbonyl (C=O) groups excluding carboxylic acids is 1. The van der Waals surface area contributed by atoms with Crippen molar-refractivity contribution in [3.05, 3.63) is 93.8 Å². The van der Waals surface area contributed by atoms with Crippen LogP contribution in [0.15, 0.2) is 83.3 Å².